The Hall–Kier alpha value is -3.82. The fraction of sp³-hybridized carbons (Fsp3) is 0.375. The first kappa shape index (κ1) is 31.7. The van der Waals surface area contributed by atoms with E-state index < -0.39 is 41.4 Å². The summed E-state index contributed by atoms with van der Waals surface area (Å²) >= 11 is 0. The molecule has 0 spiro atoms. The van der Waals surface area contributed by atoms with Gasteiger partial charge in [0, 0.05) is 31.3 Å². The van der Waals surface area contributed by atoms with Gasteiger partial charge in [-0.15, -0.1) is 0 Å². The summed E-state index contributed by atoms with van der Waals surface area (Å²) < 4.78 is 32.9. The second kappa shape index (κ2) is 14.7. The van der Waals surface area contributed by atoms with Crippen LogP contribution >= 0.6 is 0 Å². The molecule has 3 aromatic carbocycles. The third-order valence-electron chi connectivity index (χ3n) is 6.29. The average molecular weight is 568 g/mol. The lowest BCUT2D eigenvalue weighted by molar-refractivity contribution is 0.0523. The Balaban J connectivity index is 1.65. The molecule has 0 fully saturated rings. The number of hydrogen-bond donors (Lipinski definition) is 4. The van der Waals surface area contributed by atoms with Crippen LogP contribution in [0.2, 0.25) is 0 Å². The summed E-state index contributed by atoms with van der Waals surface area (Å²) in [5.74, 6) is -1.92. The molecule has 0 aromatic heterocycles. The zero-order valence-electron chi connectivity index (χ0n) is 24.0. The van der Waals surface area contributed by atoms with Crippen molar-refractivity contribution in [3.05, 3.63) is 106 Å². The molecule has 0 aliphatic heterocycles. The van der Waals surface area contributed by atoms with Crippen LogP contribution in [0.4, 0.5) is 13.6 Å². The van der Waals surface area contributed by atoms with E-state index in [4.69, 9.17) is 4.74 Å². The number of nitrogens with one attached hydrogen (secondary N) is 3. The SMILES string of the molecule is CCc1cccc(CNC[C@H](O)[C@H](Cc2cc(F)cc(F)c2)NC(=O)c2ccc(CNC(=O)OC(C)(C)C)cc2)c1. The molecule has 3 aromatic rings. The number of halogens is 2. The number of rotatable bonds is 12. The average Bonchev–Trinajstić information content (AvgIpc) is 2.90. The van der Waals surface area contributed by atoms with Crippen LogP contribution in [0.25, 0.3) is 0 Å². The van der Waals surface area contributed by atoms with Gasteiger partial charge in [-0.05, 0) is 80.1 Å². The normalized spacial score (nSPS) is 12.9. The number of aliphatic hydroxyl groups excluding tert-OH is 1. The molecule has 0 saturated carbocycles. The Bertz CT molecular complexity index is 1290. The van der Waals surface area contributed by atoms with E-state index in [-0.39, 0.29) is 19.5 Å². The standard InChI is InChI=1S/C32H39F2N3O4/c1-5-21-7-6-8-23(13-21)18-35-20-29(38)28(16-24-14-26(33)17-27(34)15-24)37-30(39)25-11-9-22(10-12-25)19-36-31(40)41-32(2,3)4/h6-15,17,28-29,35,38H,5,16,18-20H2,1-4H3,(H,36,40)(H,37,39)/t28-,29-/m0/s1. The topological polar surface area (TPSA) is 99.7 Å². The van der Waals surface area contributed by atoms with E-state index in [1.54, 1.807) is 45.0 Å². The molecule has 2 atom stereocenters. The van der Waals surface area contributed by atoms with Crippen molar-refractivity contribution in [3.63, 3.8) is 0 Å². The van der Waals surface area contributed by atoms with E-state index in [0.717, 1.165) is 23.6 Å². The highest BCUT2D eigenvalue weighted by Gasteiger charge is 2.23. The van der Waals surface area contributed by atoms with Crippen LogP contribution in [0, 0.1) is 11.6 Å². The first-order valence-electron chi connectivity index (χ1n) is 13.7. The van der Waals surface area contributed by atoms with Crippen molar-refractivity contribution < 1.29 is 28.2 Å². The van der Waals surface area contributed by atoms with E-state index >= 15 is 0 Å². The van der Waals surface area contributed by atoms with E-state index in [0.29, 0.717) is 17.7 Å². The number of aliphatic hydroxyl groups is 1. The Morgan fingerprint density at radius 2 is 1.54 bits per heavy atom. The smallest absolute Gasteiger partial charge is 0.407 e. The van der Waals surface area contributed by atoms with Crippen LogP contribution < -0.4 is 16.0 Å². The second-order valence-corrected chi connectivity index (χ2v) is 11.0. The van der Waals surface area contributed by atoms with Crippen molar-refractivity contribution in [3.8, 4) is 0 Å². The molecule has 7 nitrogen and oxygen atoms in total. The van der Waals surface area contributed by atoms with E-state index in [1.807, 2.05) is 18.2 Å². The molecule has 0 aliphatic rings. The summed E-state index contributed by atoms with van der Waals surface area (Å²) in [5, 5.41) is 19.7. The van der Waals surface area contributed by atoms with Crippen molar-refractivity contribution in [2.45, 2.75) is 71.4 Å². The quantitative estimate of drug-likeness (QED) is 0.246. The summed E-state index contributed by atoms with van der Waals surface area (Å²) in [7, 11) is 0. The Morgan fingerprint density at radius 3 is 2.17 bits per heavy atom. The van der Waals surface area contributed by atoms with Crippen LogP contribution in [0.15, 0.2) is 66.7 Å². The molecule has 0 radical (unpaired) electrons. The highest BCUT2D eigenvalue weighted by molar-refractivity contribution is 5.94. The number of amides is 2. The Morgan fingerprint density at radius 1 is 0.878 bits per heavy atom. The largest absolute Gasteiger partial charge is 0.444 e. The van der Waals surface area contributed by atoms with Crippen LogP contribution in [0.5, 0.6) is 0 Å². The monoisotopic (exact) mass is 567 g/mol. The highest BCUT2D eigenvalue weighted by atomic mass is 19.1. The number of carbonyl (C=O) groups is 2. The van der Waals surface area contributed by atoms with Gasteiger partial charge in [-0.1, -0.05) is 43.3 Å². The molecule has 0 aliphatic carbocycles. The van der Waals surface area contributed by atoms with Gasteiger partial charge in [0.25, 0.3) is 5.91 Å². The summed E-state index contributed by atoms with van der Waals surface area (Å²) in [5.41, 5.74) is 3.06. The molecular weight excluding hydrogens is 528 g/mol. The van der Waals surface area contributed by atoms with Gasteiger partial charge in [-0.2, -0.15) is 0 Å². The van der Waals surface area contributed by atoms with Crippen LogP contribution in [0.3, 0.4) is 0 Å². The van der Waals surface area contributed by atoms with Crippen molar-refractivity contribution in [2.24, 2.45) is 0 Å². The molecule has 0 bridgehead atoms. The number of alkyl carbamates (subject to hydrolysis) is 1. The van der Waals surface area contributed by atoms with E-state index in [9.17, 15) is 23.5 Å². The van der Waals surface area contributed by atoms with Crippen molar-refractivity contribution in [2.75, 3.05) is 6.54 Å². The zero-order valence-corrected chi connectivity index (χ0v) is 24.0. The summed E-state index contributed by atoms with van der Waals surface area (Å²) in [6.45, 7) is 8.28. The third-order valence-corrected chi connectivity index (χ3v) is 6.29. The first-order chi connectivity index (χ1) is 19.4. The molecule has 4 N–H and O–H groups in total. The van der Waals surface area contributed by atoms with Gasteiger partial charge in [0.2, 0.25) is 0 Å². The van der Waals surface area contributed by atoms with E-state index in [1.165, 1.54) is 17.7 Å². The number of hydrogen-bond acceptors (Lipinski definition) is 5. The first-order valence-corrected chi connectivity index (χ1v) is 13.7. The molecule has 0 heterocycles. The van der Waals surface area contributed by atoms with Crippen molar-refractivity contribution in [1.82, 2.24) is 16.0 Å². The van der Waals surface area contributed by atoms with Gasteiger partial charge in [0.15, 0.2) is 0 Å². The molecule has 41 heavy (non-hydrogen) atoms. The molecular formula is C32H39F2N3O4. The predicted octanol–water partition coefficient (Wildman–Crippen LogP) is 5.04. The molecule has 0 unspecified atom stereocenters. The number of ether oxygens (including phenoxy) is 1. The van der Waals surface area contributed by atoms with Gasteiger partial charge in [-0.25, -0.2) is 13.6 Å². The molecule has 9 heteroatoms. The summed E-state index contributed by atoms with van der Waals surface area (Å²) in [6.07, 6.45) is -0.656. The highest BCUT2D eigenvalue weighted by Crippen LogP contribution is 2.14. The van der Waals surface area contributed by atoms with Gasteiger partial charge in [0.1, 0.15) is 17.2 Å². The molecule has 220 valence electrons. The number of aryl methyl sites for hydroxylation is 1. The number of benzene rings is 3. The van der Waals surface area contributed by atoms with E-state index in [2.05, 4.69) is 28.9 Å². The van der Waals surface area contributed by atoms with Crippen LogP contribution in [-0.4, -0.2) is 41.4 Å². The molecule has 0 saturated heterocycles. The maximum Gasteiger partial charge on any atom is 0.407 e. The lowest BCUT2D eigenvalue weighted by atomic mass is 9.99. The van der Waals surface area contributed by atoms with Gasteiger partial charge < -0.3 is 25.8 Å². The predicted molar refractivity (Wildman–Crippen MR) is 154 cm³/mol. The Labute approximate surface area is 240 Å². The van der Waals surface area contributed by atoms with Gasteiger partial charge in [-0.3, -0.25) is 4.79 Å². The fourth-order valence-corrected chi connectivity index (χ4v) is 4.25. The van der Waals surface area contributed by atoms with Crippen LogP contribution in [0.1, 0.15) is 60.3 Å². The number of carbonyl (C=O) groups excluding carboxylic acids is 2. The zero-order chi connectivity index (χ0) is 30.0. The van der Waals surface area contributed by atoms with Crippen molar-refractivity contribution >= 4 is 12.0 Å². The summed E-state index contributed by atoms with van der Waals surface area (Å²) in [6, 6.07) is 17.0. The maximum atomic E-state index is 13.9. The lowest BCUT2D eigenvalue weighted by Crippen LogP contribution is -2.48. The fourth-order valence-electron chi connectivity index (χ4n) is 4.25. The second-order valence-electron chi connectivity index (χ2n) is 11.0. The van der Waals surface area contributed by atoms with Gasteiger partial charge in [0.05, 0.1) is 12.1 Å². The minimum absolute atomic E-state index is 0.0203. The minimum Gasteiger partial charge on any atom is -0.444 e. The Kier molecular flexibility index (Phi) is 11.4. The molecule has 2 amide bonds. The lowest BCUT2D eigenvalue weighted by Gasteiger charge is -2.25. The summed E-state index contributed by atoms with van der Waals surface area (Å²) in [4.78, 5) is 25.0. The maximum absolute atomic E-state index is 13.9. The minimum atomic E-state index is -1.04. The van der Waals surface area contributed by atoms with Crippen LogP contribution in [-0.2, 0) is 30.7 Å². The molecule has 3 rings (SSSR count). The van der Waals surface area contributed by atoms with Crippen molar-refractivity contribution in [1.29, 1.82) is 0 Å². The third kappa shape index (κ3) is 10.9. The van der Waals surface area contributed by atoms with Gasteiger partial charge >= 0.3 is 6.09 Å².